The highest BCUT2D eigenvalue weighted by molar-refractivity contribution is 6.35. The maximum atomic E-state index is 14.2. The van der Waals surface area contributed by atoms with Crippen LogP contribution in [0, 0.1) is 12.7 Å². The molecule has 4 rings (SSSR count). The number of anilines is 4. The molecule has 0 atom stereocenters. The molecule has 0 bridgehead atoms. The standard InChI is InChI=1S/C22H21Cl2FN6O3/c1-12-8-14(23)20(33)17(9-12)28-16-3-2-13(19(32)18(16)24)10-27-30-22-26-11-15(25)21(29-22)31-4-6-34-7-5-31/h2-3,8-11,28,32-33H,4-7H2,1H3,(H,26,29,30)/b27-10-. The average Bonchev–Trinajstić information content (AvgIpc) is 2.83. The minimum absolute atomic E-state index is 0.0219. The number of nitrogens with zero attached hydrogens (tertiary/aromatic N) is 4. The first kappa shape index (κ1) is 23.8. The number of ether oxygens (including phenoxy) is 1. The predicted octanol–water partition coefficient (Wildman–Crippen LogP) is 4.67. The summed E-state index contributed by atoms with van der Waals surface area (Å²) < 4.78 is 19.4. The fourth-order valence-electron chi connectivity index (χ4n) is 3.32. The molecule has 1 aliphatic heterocycles. The Bertz CT molecular complexity index is 1240. The van der Waals surface area contributed by atoms with Gasteiger partial charge in [-0.2, -0.15) is 10.1 Å². The molecule has 0 unspecified atom stereocenters. The number of aryl methyl sites for hydroxylation is 1. The third-order valence-corrected chi connectivity index (χ3v) is 5.70. The largest absolute Gasteiger partial charge is 0.506 e. The number of nitrogens with one attached hydrogen (secondary N) is 2. The van der Waals surface area contributed by atoms with Crippen molar-refractivity contribution in [2.75, 3.05) is 41.9 Å². The highest BCUT2D eigenvalue weighted by Crippen LogP contribution is 2.39. The van der Waals surface area contributed by atoms with Crippen molar-refractivity contribution in [1.82, 2.24) is 9.97 Å². The molecule has 3 aromatic rings. The smallest absolute Gasteiger partial charge is 0.245 e. The van der Waals surface area contributed by atoms with E-state index in [1.54, 1.807) is 29.2 Å². The van der Waals surface area contributed by atoms with Crippen LogP contribution in [0.4, 0.5) is 27.5 Å². The molecule has 34 heavy (non-hydrogen) atoms. The number of benzene rings is 2. The number of hydrogen-bond acceptors (Lipinski definition) is 9. The summed E-state index contributed by atoms with van der Waals surface area (Å²) in [4.78, 5) is 9.83. The third kappa shape index (κ3) is 5.24. The van der Waals surface area contributed by atoms with Crippen LogP contribution in [0.15, 0.2) is 35.6 Å². The molecule has 1 aromatic heterocycles. The Labute approximate surface area is 204 Å². The van der Waals surface area contributed by atoms with Gasteiger partial charge in [-0.3, -0.25) is 0 Å². The van der Waals surface area contributed by atoms with Gasteiger partial charge in [0.15, 0.2) is 17.4 Å². The van der Waals surface area contributed by atoms with E-state index in [2.05, 4.69) is 25.8 Å². The molecule has 4 N–H and O–H groups in total. The quantitative estimate of drug-likeness (QED) is 0.216. The molecule has 0 saturated carbocycles. The molecule has 2 aromatic carbocycles. The Kier molecular flexibility index (Phi) is 7.20. The number of halogens is 3. The van der Waals surface area contributed by atoms with Crippen LogP contribution in [0.1, 0.15) is 11.1 Å². The summed E-state index contributed by atoms with van der Waals surface area (Å²) in [6.07, 6.45) is 2.39. The summed E-state index contributed by atoms with van der Waals surface area (Å²) in [5.41, 5.74) is 4.48. The van der Waals surface area contributed by atoms with E-state index < -0.39 is 5.82 Å². The van der Waals surface area contributed by atoms with E-state index in [0.29, 0.717) is 43.2 Å². The lowest BCUT2D eigenvalue weighted by Crippen LogP contribution is -2.37. The monoisotopic (exact) mass is 506 g/mol. The van der Waals surface area contributed by atoms with Gasteiger partial charge in [-0.15, -0.1) is 0 Å². The van der Waals surface area contributed by atoms with E-state index in [1.807, 2.05) is 6.92 Å². The summed E-state index contributed by atoms with van der Waals surface area (Å²) in [6.45, 7) is 3.86. The number of hydrazone groups is 1. The molecule has 9 nitrogen and oxygen atoms in total. The molecule has 1 aliphatic rings. The van der Waals surface area contributed by atoms with Crippen LogP contribution in [0.5, 0.6) is 11.5 Å². The van der Waals surface area contributed by atoms with E-state index in [9.17, 15) is 14.6 Å². The van der Waals surface area contributed by atoms with Crippen LogP contribution in [0.3, 0.4) is 0 Å². The fourth-order valence-corrected chi connectivity index (χ4v) is 3.82. The van der Waals surface area contributed by atoms with Crippen molar-refractivity contribution >= 4 is 52.6 Å². The van der Waals surface area contributed by atoms with Gasteiger partial charge in [0.25, 0.3) is 0 Å². The fraction of sp³-hybridized carbons (Fsp3) is 0.227. The molecule has 0 radical (unpaired) electrons. The third-order valence-electron chi connectivity index (χ3n) is 5.03. The first-order valence-electron chi connectivity index (χ1n) is 10.3. The SMILES string of the molecule is Cc1cc(Cl)c(O)c(Nc2ccc(/C=N\Nc3ncc(F)c(N4CCOCC4)n3)c(O)c2Cl)c1. The minimum atomic E-state index is -0.537. The second kappa shape index (κ2) is 10.3. The van der Waals surface area contributed by atoms with Crippen molar-refractivity contribution in [3.63, 3.8) is 0 Å². The van der Waals surface area contributed by atoms with Gasteiger partial charge in [0.2, 0.25) is 5.95 Å². The van der Waals surface area contributed by atoms with Crippen LogP contribution in [-0.4, -0.2) is 52.7 Å². The number of aromatic nitrogens is 2. The molecule has 1 saturated heterocycles. The van der Waals surface area contributed by atoms with Crippen molar-refractivity contribution in [2.45, 2.75) is 6.92 Å². The second-order valence-corrected chi connectivity index (χ2v) is 8.25. The van der Waals surface area contributed by atoms with Gasteiger partial charge >= 0.3 is 0 Å². The van der Waals surface area contributed by atoms with Gasteiger partial charge < -0.3 is 25.2 Å². The summed E-state index contributed by atoms with van der Waals surface area (Å²) in [6, 6.07) is 6.52. The van der Waals surface area contributed by atoms with Gasteiger partial charge in [-0.05, 0) is 36.8 Å². The van der Waals surface area contributed by atoms with Crippen LogP contribution in [0.25, 0.3) is 0 Å². The number of hydrogen-bond donors (Lipinski definition) is 4. The zero-order valence-electron chi connectivity index (χ0n) is 18.0. The van der Waals surface area contributed by atoms with Crippen molar-refractivity contribution in [3.8, 4) is 11.5 Å². The first-order chi connectivity index (χ1) is 16.3. The number of morpholine rings is 1. The van der Waals surface area contributed by atoms with E-state index in [1.165, 1.54) is 6.21 Å². The first-order valence-corrected chi connectivity index (χ1v) is 11.0. The molecule has 0 spiro atoms. The Balaban J connectivity index is 1.49. The number of phenols is 2. The highest BCUT2D eigenvalue weighted by Gasteiger charge is 2.18. The number of phenolic OH excluding ortho intramolecular Hbond substituents is 2. The predicted molar refractivity (Wildman–Crippen MR) is 130 cm³/mol. The lowest BCUT2D eigenvalue weighted by Gasteiger charge is -2.27. The van der Waals surface area contributed by atoms with Crippen LogP contribution < -0.4 is 15.6 Å². The van der Waals surface area contributed by atoms with E-state index in [-0.39, 0.29) is 33.3 Å². The van der Waals surface area contributed by atoms with E-state index >= 15 is 0 Å². The van der Waals surface area contributed by atoms with Gasteiger partial charge in [-0.25, -0.2) is 14.8 Å². The van der Waals surface area contributed by atoms with Gasteiger partial charge in [0.1, 0.15) is 10.8 Å². The highest BCUT2D eigenvalue weighted by atomic mass is 35.5. The van der Waals surface area contributed by atoms with Crippen molar-refractivity contribution < 1.29 is 19.3 Å². The maximum Gasteiger partial charge on any atom is 0.245 e. The summed E-state index contributed by atoms with van der Waals surface area (Å²) in [5, 5.41) is 27.9. The summed E-state index contributed by atoms with van der Waals surface area (Å²) in [7, 11) is 0. The molecule has 0 aliphatic carbocycles. The zero-order chi connectivity index (χ0) is 24.2. The molecule has 1 fully saturated rings. The van der Waals surface area contributed by atoms with Crippen molar-refractivity contribution in [3.05, 3.63) is 57.5 Å². The van der Waals surface area contributed by atoms with Crippen molar-refractivity contribution in [2.24, 2.45) is 5.10 Å². The average molecular weight is 507 g/mol. The lowest BCUT2D eigenvalue weighted by atomic mass is 10.1. The zero-order valence-corrected chi connectivity index (χ0v) is 19.5. The Hall–Kier alpha value is -3.34. The molecule has 0 amide bonds. The Morgan fingerprint density at radius 2 is 1.91 bits per heavy atom. The van der Waals surface area contributed by atoms with Crippen LogP contribution in [-0.2, 0) is 4.74 Å². The normalized spacial score (nSPS) is 13.9. The topological polar surface area (TPSA) is 115 Å². The van der Waals surface area contributed by atoms with Crippen LogP contribution in [0.2, 0.25) is 10.0 Å². The second-order valence-electron chi connectivity index (χ2n) is 7.47. The Morgan fingerprint density at radius 3 is 2.68 bits per heavy atom. The van der Waals surface area contributed by atoms with E-state index in [0.717, 1.165) is 11.8 Å². The minimum Gasteiger partial charge on any atom is -0.506 e. The Morgan fingerprint density at radius 1 is 1.15 bits per heavy atom. The summed E-state index contributed by atoms with van der Waals surface area (Å²) in [5.74, 6) is -0.644. The van der Waals surface area contributed by atoms with Gasteiger partial charge in [0.05, 0.1) is 42.0 Å². The number of aromatic hydroxyl groups is 2. The molecule has 2 heterocycles. The lowest BCUT2D eigenvalue weighted by molar-refractivity contribution is 0.122. The maximum absolute atomic E-state index is 14.2. The van der Waals surface area contributed by atoms with Gasteiger partial charge in [0, 0.05) is 18.7 Å². The molecular weight excluding hydrogens is 486 g/mol. The van der Waals surface area contributed by atoms with E-state index in [4.69, 9.17) is 27.9 Å². The van der Waals surface area contributed by atoms with Gasteiger partial charge in [-0.1, -0.05) is 23.2 Å². The number of rotatable bonds is 6. The summed E-state index contributed by atoms with van der Waals surface area (Å²) >= 11 is 12.3. The molecule has 12 heteroatoms. The van der Waals surface area contributed by atoms with Crippen LogP contribution >= 0.6 is 23.2 Å². The molecule has 178 valence electrons. The van der Waals surface area contributed by atoms with Crippen molar-refractivity contribution in [1.29, 1.82) is 0 Å². The molecular formula is C22H21Cl2FN6O3.